The van der Waals surface area contributed by atoms with Crippen LogP contribution >= 0.6 is 27.5 Å². The molecule has 0 saturated carbocycles. The number of hydrogen-bond acceptors (Lipinski definition) is 3. The van der Waals surface area contributed by atoms with Crippen molar-refractivity contribution in [1.29, 1.82) is 5.26 Å². The van der Waals surface area contributed by atoms with Gasteiger partial charge in [0.1, 0.15) is 23.2 Å². The lowest BCUT2D eigenvalue weighted by molar-refractivity contribution is -0.112. The van der Waals surface area contributed by atoms with Gasteiger partial charge in [0.05, 0.1) is 10.7 Å². The van der Waals surface area contributed by atoms with Crippen molar-refractivity contribution in [1.82, 2.24) is 0 Å². The van der Waals surface area contributed by atoms with Gasteiger partial charge in [-0.25, -0.2) is 0 Å². The normalized spacial score (nSPS) is 11.1. The average Bonchev–Trinajstić information content (AvgIpc) is 3.12. The van der Waals surface area contributed by atoms with Crippen LogP contribution in [0.15, 0.2) is 69.1 Å². The summed E-state index contributed by atoms with van der Waals surface area (Å²) in [5.41, 5.74) is 2.11. The first-order chi connectivity index (χ1) is 13.0. The Morgan fingerprint density at radius 1 is 1.19 bits per heavy atom. The maximum atomic E-state index is 12.5. The number of carbonyl (C=O) groups is 1. The Balaban J connectivity index is 1.83. The van der Waals surface area contributed by atoms with Crippen molar-refractivity contribution in [2.75, 3.05) is 5.32 Å². The molecule has 27 heavy (non-hydrogen) atoms. The van der Waals surface area contributed by atoms with E-state index in [0.717, 1.165) is 15.6 Å². The van der Waals surface area contributed by atoms with Crippen molar-refractivity contribution in [2.45, 2.75) is 6.92 Å². The lowest BCUT2D eigenvalue weighted by atomic mass is 10.1. The molecular weight excluding hydrogens is 428 g/mol. The van der Waals surface area contributed by atoms with Gasteiger partial charge in [-0.2, -0.15) is 5.26 Å². The van der Waals surface area contributed by atoms with E-state index in [4.69, 9.17) is 16.0 Å². The summed E-state index contributed by atoms with van der Waals surface area (Å²) in [5, 5.41) is 12.5. The lowest BCUT2D eigenvalue weighted by Gasteiger charge is -2.09. The zero-order chi connectivity index (χ0) is 19.4. The number of nitrogens with zero attached hydrogens (tertiary/aromatic N) is 1. The fourth-order valence-electron chi connectivity index (χ4n) is 2.46. The Morgan fingerprint density at radius 2 is 1.93 bits per heavy atom. The first-order valence-electron chi connectivity index (χ1n) is 8.02. The number of furan rings is 1. The summed E-state index contributed by atoms with van der Waals surface area (Å²) < 4.78 is 6.71. The van der Waals surface area contributed by atoms with Crippen molar-refractivity contribution in [3.63, 3.8) is 0 Å². The second-order valence-electron chi connectivity index (χ2n) is 5.76. The highest BCUT2D eigenvalue weighted by Crippen LogP contribution is 2.27. The summed E-state index contributed by atoms with van der Waals surface area (Å²) in [6, 6.07) is 18.3. The van der Waals surface area contributed by atoms with E-state index in [0.29, 0.717) is 22.2 Å². The van der Waals surface area contributed by atoms with Crippen LogP contribution in [0.5, 0.6) is 0 Å². The number of amides is 1. The zero-order valence-corrected chi connectivity index (χ0v) is 16.6. The van der Waals surface area contributed by atoms with E-state index in [1.54, 1.807) is 24.3 Å². The zero-order valence-electron chi connectivity index (χ0n) is 14.3. The highest BCUT2D eigenvalue weighted by Gasteiger charge is 2.14. The SMILES string of the molecule is Cc1cccc(Cl)c1NC(=O)/C(C#N)=C/c1ccc(-c2ccc(Br)cc2)o1. The summed E-state index contributed by atoms with van der Waals surface area (Å²) in [6.45, 7) is 1.83. The summed E-state index contributed by atoms with van der Waals surface area (Å²) >= 11 is 9.51. The Bertz CT molecular complexity index is 1040. The summed E-state index contributed by atoms with van der Waals surface area (Å²) in [7, 11) is 0. The quantitative estimate of drug-likeness (QED) is 0.386. The Hall–Kier alpha value is -2.81. The van der Waals surface area contributed by atoms with E-state index in [2.05, 4.69) is 21.2 Å². The van der Waals surface area contributed by atoms with Crippen LogP contribution in [0.2, 0.25) is 5.02 Å². The third-order valence-corrected chi connectivity index (χ3v) is 4.71. The van der Waals surface area contributed by atoms with Crippen LogP contribution in [-0.2, 0) is 4.79 Å². The number of benzene rings is 2. The van der Waals surface area contributed by atoms with Crippen LogP contribution in [0.3, 0.4) is 0 Å². The maximum absolute atomic E-state index is 12.5. The first-order valence-corrected chi connectivity index (χ1v) is 9.19. The molecule has 1 N–H and O–H groups in total. The standard InChI is InChI=1S/C21H14BrClN2O2/c1-13-3-2-4-18(23)20(13)25-21(26)15(12-24)11-17-9-10-19(27-17)14-5-7-16(22)8-6-14/h2-11H,1H3,(H,25,26)/b15-11+. The highest BCUT2D eigenvalue weighted by molar-refractivity contribution is 9.10. The molecule has 1 heterocycles. The molecular formula is C21H14BrClN2O2. The maximum Gasteiger partial charge on any atom is 0.266 e. The highest BCUT2D eigenvalue weighted by atomic mass is 79.9. The third-order valence-electron chi connectivity index (χ3n) is 3.87. The molecule has 4 nitrogen and oxygen atoms in total. The average molecular weight is 442 g/mol. The minimum atomic E-state index is -0.546. The number of nitriles is 1. The number of rotatable bonds is 4. The largest absolute Gasteiger partial charge is 0.457 e. The van der Waals surface area contributed by atoms with Crippen molar-refractivity contribution in [3.8, 4) is 17.4 Å². The molecule has 1 amide bonds. The topological polar surface area (TPSA) is 66.0 Å². The molecule has 0 spiro atoms. The van der Waals surface area contributed by atoms with Crippen molar-refractivity contribution in [2.24, 2.45) is 0 Å². The van der Waals surface area contributed by atoms with Gasteiger partial charge in [0.15, 0.2) is 0 Å². The predicted molar refractivity (Wildman–Crippen MR) is 110 cm³/mol. The first kappa shape index (κ1) is 19.0. The molecule has 2 aromatic carbocycles. The third kappa shape index (κ3) is 4.48. The second-order valence-corrected chi connectivity index (χ2v) is 7.09. The summed E-state index contributed by atoms with van der Waals surface area (Å²) in [4.78, 5) is 12.5. The molecule has 0 saturated heterocycles. The molecule has 0 aliphatic carbocycles. The van der Waals surface area contributed by atoms with Crippen LogP contribution < -0.4 is 5.32 Å². The molecule has 0 fully saturated rings. The van der Waals surface area contributed by atoms with Gasteiger partial charge in [0, 0.05) is 16.1 Å². The number of aryl methyl sites for hydroxylation is 1. The Kier molecular flexibility index (Phi) is 5.80. The predicted octanol–water partition coefficient (Wildman–Crippen LogP) is 6.22. The molecule has 0 aliphatic heterocycles. The van der Waals surface area contributed by atoms with E-state index >= 15 is 0 Å². The smallest absolute Gasteiger partial charge is 0.266 e. The van der Waals surface area contributed by atoms with Crippen molar-refractivity contribution < 1.29 is 9.21 Å². The molecule has 6 heteroatoms. The van der Waals surface area contributed by atoms with Crippen LogP contribution in [0.25, 0.3) is 17.4 Å². The number of nitrogens with one attached hydrogen (secondary N) is 1. The van der Waals surface area contributed by atoms with Gasteiger partial charge in [0.25, 0.3) is 5.91 Å². The van der Waals surface area contributed by atoms with Gasteiger partial charge in [0.2, 0.25) is 0 Å². The van der Waals surface area contributed by atoms with Gasteiger partial charge in [-0.15, -0.1) is 0 Å². The van der Waals surface area contributed by atoms with Crippen LogP contribution in [0.1, 0.15) is 11.3 Å². The van der Waals surface area contributed by atoms with E-state index in [1.807, 2.05) is 43.3 Å². The van der Waals surface area contributed by atoms with Crippen LogP contribution in [0.4, 0.5) is 5.69 Å². The minimum absolute atomic E-state index is 0.0778. The van der Waals surface area contributed by atoms with Crippen LogP contribution in [-0.4, -0.2) is 5.91 Å². The van der Waals surface area contributed by atoms with E-state index in [-0.39, 0.29) is 5.57 Å². The minimum Gasteiger partial charge on any atom is -0.457 e. The molecule has 134 valence electrons. The Morgan fingerprint density at radius 3 is 2.59 bits per heavy atom. The monoisotopic (exact) mass is 440 g/mol. The fourth-order valence-corrected chi connectivity index (χ4v) is 3.00. The number of halogens is 2. The molecule has 3 aromatic rings. The van der Waals surface area contributed by atoms with Crippen LogP contribution in [0, 0.1) is 18.3 Å². The Labute approximate surface area is 170 Å². The molecule has 3 rings (SSSR count). The molecule has 0 atom stereocenters. The number of carbonyl (C=O) groups excluding carboxylic acids is 1. The fraction of sp³-hybridized carbons (Fsp3) is 0.0476. The second kappa shape index (κ2) is 8.26. The number of hydrogen-bond donors (Lipinski definition) is 1. The van der Waals surface area contributed by atoms with Gasteiger partial charge >= 0.3 is 0 Å². The molecule has 0 unspecified atom stereocenters. The van der Waals surface area contributed by atoms with E-state index in [1.165, 1.54) is 6.08 Å². The van der Waals surface area contributed by atoms with Gasteiger partial charge in [-0.05, 0) is 42.8 Å². The van der Waals surface area contributed by atoms with Gasteiger partial charge in [-0.1, -0.05) is 51.8 Å². The number of anilines is 1. The van der Waals surface area contributed by atoms with E-state index in [9.17, 15) is 10.1 Å². The molecule has 0 bridgehead atoms. The van der Waals surface area contributed by atoms with Gasteiger partial charge in [-0.3, -0.25) is 4.79 Å². The van der Waals surface area contributed by atoms with Crippen molar-refractivity contribution in [3.05, 3.63) is 81.0 Å². The molecule has 1 aromatic heterocycles. The lowest BCUT2D eigenvalue weighted by Crippen LogP contribution is -2.14. The van der Waals surface area contributed by atoms with Gasteiger partial charge < -0.3 is 9.73 Å². The summed E-state index contributed by atoms with van der Waals surface area (Å²) in [6.07, 6.45) is 1.41. The molecule has 0 radical (unpaired) electrons. The van der Waals surface area contributed by atoms with E-state index < -0.39 is 5.91 Å². The summed E-state index contributed by atoms with van der Waals surface area (Å²) in [5.74, 6) is 0.513. The molecule has 0 aliphatic rings. The van der Waals surface area contributed by atoms with Crippen molar-refractivity contribution >= 4 is 45.2 Å². The number of para-hydroxylation sites is 1.